The molecule has 0 fully saturated rings. The number of carbonyl (C=O) groups is 1. The molecule has 0 unspecified atom stereocenters. The van der Waals surface area contributed by atoms with Gasteiger partial charge in [-0.2, -0.15) is 39.5 Å². The summed E-state index contributed by atoms with van der Waals surface area (Å²) in [5.74, 6) is -20.1. The first-order valence-electron chi connectivity index (χ1n) is 3.09. The predicted octanol–water partition coefficient (Wildman–Crippen LogP) is 3.38. The lowest BCUT2D eigenvalue weighted by atomic mass is 10.1. The summed E-state index contributed by atoms with van der Waals surface area (Å²) in [6, 6.07) is 0. The minimum absolute atomic E-state index is 1.22. The molecule has 0 aliphatic heterocycles. The summed E-state index contributed by atoms with van der Waals surface area (Å²) in [5, 5.41) is 0. The van der Waals surface area contributed by atoms with Crippen molar-refractivity contribution in [2.24, 2.45) is 0 Å². The van der Waals surface area contributed by atoms with Crippen LogP contribution in [0.1, 0.15) is 0 Å². The molecule has 0 spiro atoms. The number of rotatable bonds is 3. The molecule has 96 valence electrons. The molecule has 11 heteroatoms. The molecule has 0 rings (SSSR count). The first-order chi connectivity index (χ1) is 6.69. The van der Waals surface area contributed by atoms with E-state index >= 15 is 0 Å². The lowest BCUT2D eigenvalue weighted by molar-refractivity contribution is -0.387. The van der Waals surface area contributed by atoms with Crippen molar-refractivity contribution in [3.63, 3.8) is 0 Å². The van der Waals surface area contributed by atoms with E-state index in [2.05, 4.69) is 0 Å². The van der Waals surface area contributed by atoms with Crippen LogP contribution in [0.4, 0.5) is 39.5 Å². The van der Waals surface area contributed by atoms with Gasteiger partial charge in [0, 0.05) is 0 Å². The summed E-state index contributed by atoms with van der Waals surface area (Å²) < 4.78 is 104. The molecule has 0 aliphatic carbocycles. The summed E-state index contributed by atoms with van der Waals surface area (Å²) in [6.07, 6.45) is -6.91. The van der Waals surface area contributed by atoms with Crippen molar-refractivity contribution in [3.8, 4) is 0 Å². The van der Waals surface area contributed by atoms with Crippen LogP contribution in [0.2, 0.25) is 0 Å². The average molecular weight is 327 g/mol. The highest BCUT2D eigenvalue weighted by Gasteiger charge is 2.83. The maximum absolute atomic E-state index is 12.3. The highest BCUT2D eigenvalue weighted by molar-refractivity contribution is 9.18. The van der Waals surface area contributed by atoms with E-state index in [0.29, 0.717) is 0 Å². The quantitative estimate of drug-likeness (QED) is 0.574. The molecular formula is C5BrF9O. The molecule has 0 bridgehead atoms. The smallest absolute Gasteiger partial charge is 0.280 e. The van der Waals surface area contributed by atoms with Crippen LogP contribution < -0.4 is 0 Å². The number of alkyl halides is 9. The van der Waals surface area contributed by atoms with Gasteiger partial charge in [0.2, 0.25) is 0 Å². The molecule has 0 aromatic heterocycles. The van der Waals surface area contributed by atoms with Gasteiger partial charge in [-0.1, -0.05) is 0 Å². The molecule has 16 heavy (non-hydrogen) atoms. The van der Waals surface area contributed by atoms with E-state index in [0.717, 1.165) is 0 Å². The number of halogens is 10. The van der Waals surface area contributed by atoms with Crippen LogP contribution in [-0.2, 0) is 4.79 Å². The summed E-state index contributed by atoms with van der Waals surface area (Å²) in [6.45, 7) is 0. The monoisotopic (exact) mass is 326 g/mol. The lowest BCUT2D eigenvalue weighted by Crippen LogP contribution is -2.62. The summed E-state index contributed by atoms with van der Waals surface area (Å²) in [4.78, 5) is 9.87. The van der Waals surface area contributed by atoms with Crippen LogP contribution in [0.5, 0.6) is 0 Å². The van der Waals surface area contributed by atoms with Crippen LogP contribution in [0.15, 0.2) is 0 Å². The van der Waals surface area contributed by atoms with Crippen molar-refractivity contribution in [1.29, 1.82) is 0 Å². The highest BCUT2D eigenvalue weighted by Crippen LogP contribution is 2.53. The number of hydrogen-bond acceptors (Lipinski definition) is 1. The minimum atomic E-state index is -7.03. The zero-order valence-corrected chi connectivity index (χ0v) is 8.27. The normalized spacial score (nSPS) is 15.1. The molecule has 0 saturated carbocycles. The molecular weight excluding hydrogens is 327 g/mol. The van der Waals surface area contributed by atoms with Crippen molar-refractivity contribution in [1.82, 2.24) is 0 Å². The third-order valence-corrected chi connectivity index (χ3v) is 1.89. The minimum Gasteiger partial charge on any atom is -0.280 e. The van der Waals surface area contributed by atoms with E-state index in [4.69, 9.17) is 0 Å². The van der Waals surface area contributed by atoms with Crippen LogP contribution in [-0.4, -0.2) is 28.6 Å². The van der Waals surface area contributed by atoms with Crippen molar-refractivity contribution in [3.05, 3.63) is 0 Å². The fourth-order valence-electron chi connectivity index (χ4n) is 0.499. The van der Waals surface area contributed by atoms with E-state index < -0.39 is 28.6 Å². The van der Waals surface area contributed by atoms with Crippen LogP contribution in [0.25, 0.3) is 0 Å². The van der Waals surface area contributed by atoms with E-state index in [9.17, 15) is 44.3 Å². The third kappa shape index (κ3) is 2.00. The molecule has 0 amide bonds. The van der Waals surface area contributed by atoms with Gasteiger partial charge in [-0.15, -0.1) is 0 Å². The zero-order valence-electron chi connectivity index (χ0n) is 6.69. The van der Waals surface area contributed by atoms with Crippen LogP contribution in [0, 0.1) is 0 Å². The Morgan fingerprint density at radius 1 is 0.750 bits per heavy atom. The Bertz CT molecular complexity index is 293. The second-order valence-electron chi connectivity index (χ2n) is 2.49. The highest BCUT2D eigenvalue weighted by atomic mass is 79.9. The molecule has 0 N–H and O–H groups in total. The molecule has 1 nitrogen and oxygen atoms in total. The van der Waals surface area contributed by atoms with Gasteiger partial charge in [0.25, 0.3) is 4.69 Å². The molecule has 0 aliphatic rings. The summed E-state index contributed by atoms with van der Waals surface area (Å²) >= 11 is 1.22. The van der Waals surface area contributed by atoms with Crippen molar-refractivity contribution in [2.45, 2.75) is 23.9 Å². The lowest BCUT2D eigenvalue weighted by Gasteiger charge is -2.31. The van der Waals surface area contributed by atoms with E-state index in [1.807, 2.05) is 0 Å². The molecule has 0 radical (unpaired) electrons. The first-order valence-corrected chi connectivity index (χ1v) is 3.89. The summed E-state index contributed by atoms with van der Waals surface area (Å²) in [7, 11) is 0. The van der Waals surface area contributed by atoms with Gasteiger partial charge < -0.3 is 0 Å². The van der Waals surface area contributed by atoms with Gasteiger partial charge in [0.15, 0.2) is 0 Å². The molecule has 0 saturated heterocycles. The maximum Gasteiger partial charge on any atom is 0.460 e. The van der Waals surface area contributed by atoms with E-state index in [1.54, 1.807) is 0 Å². The van der Waals surface area contributed by atoms with Crippen molar-refractivity contribution in [2.75, 3.05) is 0 Å². The summed E-state index contributed by atoms with van der Waals surface area (Å²) in [5.41, 5.74) is 0. The van der Waals surface area contributed by atoms with Crippen LogP contribution >= 0.6 is 15.9 Å². The Hall–Kier alpha value is -0.480. The Morgan fingerprint density at radius 2 is 1.06 bits per heavy atom. The van der Waals surface area contributed by atoms with Gasteiger partial charge in [0.1, 0.15) is 0 Å². The topological polar surface area (TPSA) is 17.1 Å². The first kappa shape index (κ1) is 15.5. The van der Waals surface area contributed by atoms with E-state index in [1.165, 1.54) is 15.9 Å². The molecule has 0 atom stereocenters. The Morgan fingerprint density at radius 3 is 1.25 bits per heavy atom. The standard InChI is InChI=1S/C5BrF9O/c6-1(16)2(7,8)3(9,10)4(11,12)5(13,14)15. The third-order valence-electron chi connectivity index (χ3n) is 1.39. The van der Waals surface area contributed by atoms with E-state index in [-0.39, 0.29) is 0 Å². The largest absolute Gasteiger partial charge is 0.460 e. The second kappa shape index (κ2) is 3.77. The number of hydrogen-bond donors (Lipinski definition) is 0. The average Bonchev–Trinajstić information content (AvgIpc) is 2.00. The zero-order chi connectivity index (χ0) is 13.6. The van der Waals surface area contributed by atoms with Gasteiger partial charge >= 0.3 is 23.9 Å². The maximum atomic E-state index is 12.3. The predicted molar refractivity (Wildman–Crippen MR) is 34.8 cm³/mol. The Labute approximate surface area is 89.7 Å². The second-order valence-corrected chi connectivity index (χ2v) is 3.21. The Balaban J connectivity index is 5.62. The Kier molecular flexibility index (Phi) is 3.66. The van der Waals surface area contributed by atoms with Gasteiger partial charge in [-0.25, -0.2) is 0 Å². The van der Waals surface area contributed by atoms with Gasteiger partial charge in [0.05, 0.1) is 0 Å². The van der Waals surface area contributed by atoms with Crippen molar-refractivity contribution < 1.29 is 44.3 Å². The van der Waals surface area contributed by atoms with Gasteiger partial charge in [-0.3, -0.25) is 4.79 Å². The SMILES string of the molecule is O=C(Br)C(F)(F)C(F)(F)C(F)(F)C(F)(F)F. The molecule has 0 aromatic carbocycles. The van der Waals surface area contributed by atoms with Gasteiger partial charge in [-0.05, 0) is 15.9 Å². The molecule has 0 heterocycles. The van der Waals surface area contributed by atoms with Crippen molar-refractivity contribution >= 4 is 20.6 Å². The fourth-order valence-corrected chi connectivity index (χ4v) is 0.748. The molecule has 0 aromatic rings. The fraction of sp³-hybridized carbons (Fsp3) is 0.800. The number of carbonyl (C=O) groups excluding carboxylic acids is 1. The van der Waals surface area contributed by atoms with Crippen LogP contribution in [0.3, 0.4) is 0 Å².